The normalized spacial score (nSPS) is 13.7. The maximum absolute atomic E-state index is 2.31. The van der Waals surface area contributed by atoms with Crippen LogP contribution in [-0.2, 0) is 0 Å². The number of allylic oxidation sites excluding steroid dienone is 2. The van der Waals surface area contributed by atoms with Gasteiger partial charge in [0.25, 0.3) is 0 Å². The van der Waals surface area contributed by atoms with E-state index in [9.17, 15) is 0 Å². The number of hydrogen-bond acceptors (Lipinski definition) is 0. The molecule has 0 aliphatic rings. The van der Waals surface area contributed by atoms with Gasteiger partial charge in [0.1, 0.15) is 0 Å². The first-order chi connectivity index (χ1) is 10.2. The zero-order chi connectivity index (χ0) is 16.4. The van der Waals surface area contributed by atoms with E-state index in [1.165, 1.54) is 22.3 Å². The first-order valence-electron chi connectivity index (χ1n) is 8.07. The first-order valence-corrected chi connectivity index (χ1v) is 8.07. The van der Waals surface area contributed by atoms with Gasteiger partial charge in [-0.2, -0.15) is 0 Å². The van der Waals surface area contributed by atoms with Gasteiger partial charge < -0.3 is 0 Å². The monoisotopic (exact) mass is 292 g/mol. The molecule has 0 aliphatic carbocycles. The lowest BCUT2D eigenvalue weighted by Crippen LogP contribution is -2.18. The molecule has 22 heavy (non-hydrogen) atoms. The lowest BCUT2D eigenvalue weighted by atomic mass is 9.70. The van der Waals surface area contributed by atoms with Crippen molar-refractivity contribution in [2.75, 3.05) is 0 Å². The molecule has 2 aromatic rings. The van der Waals surface area contributed by atoms with Crippen molar-refractivity contribution >= 4 is 11.1 Å². The van der Waals surface area contributed by atoms with Crippen LogP contribution in [0.1, 0.15) is 52.7 Å². The van der Waals surface area contributed by atoms with Crippen LogP contribution in [0.25, 0.3) is 11.1 Å². The minimum absolute atomic E-state index is 0.0831. The smallest absolute Gasteiger partial charge is 0.0123 e. The van der Waals surface area contributed by atoms with E-state index in [2.05, 4.69) is 102 Å². The summed E-state index contributed by atoms with van der Waals surface area (Å²) in [5.41, 5.74) is 5.69. The van der Waals surface area contributed by atoms with E-state index in [0.29, 0.717) is 0 Å². The van der Waals surface area contributed by atoms with Gasteiger partial charge in [0.05, 0.1) is 0 Å². The van der Waals surface area contributed by atoms with Crippen molar-refractivity contribution < 1.29 is 0 Å². The Kier molecular flexibility index (Phi) is 4.60. The molecule has 0 heterocycles. The Morgan fingerprint density at radius 1 is 0.500 bits per heavy atom. The second kappa shape index (κ2) is 6.12. The van der Waals surface area contributed by atoms with Crippen LogP contribution >= 0.6 is 0 Å². The van der Waals surface area contributed by atoms with E-state index < -0.39 is 0 Å². The Labute approximate surface area is 135 Å². The average molecular weight is 292 g/mol. The molecule has 0 atom stereocenters. The summed E-state index contributed by atoms with van der Waals surface area (Å²) >= 11 is 0. The Bertz CT molecular complexity index is 572. The third kappa shape index (κ3) is 3.68. The van der Waals surface area contributed by atoms with Gasteiger partial charge in [0, 0.05) is 0 Å². The maximum Gasteiger partial charge on any atom is -0.0123 e. The van der Waals surface area contributed by atoms with E-state index in [0.717, 1.165) is 0 Å². The van der Waals surface area contributed by atoms with Crippen LogP contribution in [0.2, 0.25) is 0 Å². The highest BCUT2D eigenvalue weighted by Gasteiger charge is 2.29. The predicted molar refractivity (Wildman–Crippen MR) is 98.6 cm³/mol. The maximum atomic E-state index is 2.31. The van der Waals surface area contributed by atoms with Gasteiger partial charge in [0.2, 0.25) is 0 Å². The molecule has 0 heteroatoms. The molecule has 0 fully saturated rings. The predicted octanol–water partition coefficient (Wildman–Crippen LogP) is 6.69. The minimum atomic E-state index is 0.0831. The Balaban J connectivity index is 2.84. The highest BCUT2D eigenvalue weighted by atomic mass is 14.3. The summed E-state index contributed by atoms with van der Waals surface area (Å²) in [6, 6.07) is 21.6. The highest BCUT2D eigenvalue weighted by molar-refractivity contribution is 5.94. The Hall–Kier alpha value is -1.82. The molecule has 0 unspecified atom stereocenters. The standard InChI is InChI=1S/C22H28/c1-21(2,3)19(17-13-9-7-10-14-17)20(22(4,5)6)18-15-11-8-12-16-18/h7-16H,1-6H3. The third-order valence-electron chi connectivity index (χ3n) is 3.87. The second-order valence-electron chi connectivity index (χ2n) is 7.98. The largest absolute Gasteiger partial charge is 0.0622 e. The van der Waals surface area contributed by atoms with Crippen LogP contribution in [-0.4, -0.2) is 0 Å². The van der Waals surface area contributed by atoms with Crippen molar-refractivity contribution in [1.29, 1.82) is 0 Å². The van der Waals surface area contributed by atoms with Crippen molar-refractivity contribution in [1.82, 2.24) is 0 Å². The molecule has 0 saturated heterocycles. The summed E-state index contributed by atoms with van der Waals surface area (Å²) in [4.78, 5) is 0. The quantitative estimate of drug-likeness (QED) is 0.541. The van der Waals surface area contributed by atoms with Gasteiger partial charge in [-0.05, 0) is 33.1 Å². The van der Waals surface area contributed by atoms with Crippen LogP contribution in [0.5, 0.6) is 0 Å². The van der Waals surface area contributed by atoms with Crippen LogP contribution in [0.15, 0.2) is 60.7 Å². The van der Waals surface area contributed by atoms with Gasteiger partial charge >= 0.3 is 0 Å². The van der Waals surface area contributed by atoms with E-state index >= 15 is 0 Å². The summed E-state index contributed by atoms with van der Waals surface area (Å²) in [6.07, 6.45) is 0. The molecule has 0 aromatic heterocycles. The van der Waals surface area contributed by atoms with Crippen molar-refractivity contribution in [3.05, 3.63) is 71.8 Å². The SMILES string of the molecule is CC(C)(C)C(=C(c1ccccc1)C(C)(C)C)c1ccccc1. The molecule has 0 N–H and O–H groups in total. The summed E-state index contributed by atoms with van der Waals surface area (Å²) in [5.74, 6) is 0. The zero-order valence-electron chi connectivity index (χ0n) is 14.8. The van der Waals surface area contributed by atoms with E-state index in [1.807, 2.05) is 0 Å². The van der Waals surface area contributed by atoms with Crippen LogP contribution in [0, 0.1) is 10.8 Å². The fourth-order valence-corrected chi connectivity index (χ4v) is 3.11. The van der Waals surface area contributed by atoms with Gasteiger partial charge in [0.15, 0.2) is 0 Å². The molecule has 2 rings (SSSR count). The molecule has 116 valence electrons. The molecule has 2 aromatic carbocycles. The number of rotatable bonds is 2. The summed E-state index contributed by atoms with van der Waals surface area (Å²) in [5, 5.41) is 0. The summed E-state index contributed by atoms with van der Waals surface area (Å²) in [7, 11) is 0. The molecular formula is C22H28. The van der Waals surface area contributed by atoms with Gasteiger partial charge in [-0.25, -0.2) is 0 Å². The average Bonchev–Trinajstić information content (AvgIpc) is 2.44. The Morgan fingerprint density at radius 2 is 0.773 bits per heavy atom. The van der Waals surface area contributed by atoms with Crippen molar-refractivity contribution in [2.45, 2.75) is 41.5 Å². The van der Waals surface area contributed by atoms with Crippen LogP contribution in [0.3, 0.4) is 0 Å². The minimum Gasteiger partial charge on any atom is -0.0622 e. The Morgan fingerprint density at radius 3 is 1.00 bits per heavy atom. The molecule has 0 bridgehead atoms. The first kappa shape index (κ1) is 16.5. The molecular weight excluding hydrogens is 264 g/mol. The summed E-state index contributed by atoms with van der Waals surface area (Å²) < 4.78 is 0. The van der Waals surface area contributed by atoms with Crippen molar-refractivity contribution in [2.24, 2.45) is 10.8 Å². The van der Waals surface area contributed by atoms with Gasteiger partial charge in [-0.3, -0.25) is 0 Å². The van der Waals surface area contributed by atoms with E-state index in [-0.39, 0.29) is 10.8 Å². The zero-order valence-corrected chi connectivity index (χ0v) is 14.8. The van der Waals surface area contributed by atoms with Crippen molar-refractivity contribution in [3.63, 3.8) is 0 Å². The molecule has 0 nitrogen and oxygen atoms in total. The van der Waals surface area contributed by atoms with E-state index in [1.54, 1.807) is 0 Å². The molecule has 0 radical (unpaired) electrons. The lowest BCUT2D eigenvalue weighted by molar-refractivity contribution is 0.534. The second-order valence-corrected chi connectivity index (χ2v) is 7.98. The van der Waals surface area contributed by atoms with Crippen LogP contribution < -0.4 is 0 Å². The lowest BCUT2D eigenvalue weighted by Gasteiger charge is -2.34. The van der Waals surface area contributed by atoms with Crippen LogP contribution in [0.4, 0.5) is 0 Å². The number of benzene rings is 2. The fourth-order valence-electron chi connectivity index (χ4n) is 3.11. The van der Waals surface area contributed by atoms with Gasteiger partial charge in [-0.1, -0.05) is 102 Å². The van der Waals surface area contributed by atoms with E-state index in [4.69, 9.17) is 0 Å². The number of hydrogen-bond donors (Lipinski definition) is 0. The molecule has 0 aliphatic heterocycles. The topological polar surface area (TPSA) is 0 Å². The highest BCUT2D eigenvalue weighted by Crippen LogP contribution is 2.47. The molecule has 0 saturated carbocycles. The fraction of sp³-hybridized carbons (Fsp3) is 0.364. The van der Waals surface area contributed by atoms with Crippen molar-refractivity contribution in [3.8, 4) is 0 Å². The molecule has 0 amide bonds. The molecule has 0 spiro atoms. The third-order valence-corrected chi connectivity index (χ3v) is 3.87. The van der Waals surface area contributed by atoms with Gasteiger partial charge in [-0.15, -0.1) is 0 Å². The summed E-state index contributed by atoms with van der Waals surface area (Å²) in [6.45, 7) is 13.9.